The Morgan fingerprint density at radius 2 is 1.19 bits per heavy atom. The molecule has 4 aromatic rings. The molecule has 0 saturated heterocycles. The van der Waals surface area contributed by atoms with E-state index in [1.165, 1.54) is 12.1 Å². The van der Waals surface area contributed by atoms with Crippen LogP contribution in [-0.2, 0) is 5.60 Å². The maximum Gasteiger partial charge on any atom is 0.169 e. The average molecular weight is 689 g/mol. The lowest BCUT2D eigenvalue weighted by molar-refractivity contribution is -0.0783. The molecule has 5 rings (SSSR count). The van der Waals surface area contributed by atoms with Crippen molar-refractivity contribution in [2.24, 2.45) is 11.3 Å². The predicted molar refractivity (Wildman–Crippen MR) is 171 cm³/mol. The Balaban J connectivity index is 1.88. The van der Waals surface area contributed by atoms with Crippen molar-refractivity contribution in [3.63, 3.8) is 0 Å². The van der Waals surface area contributed by atoms with Crippen molar-refractivity contribution >= 4 is 75.4 Å². The van der Waals surface area contributed by atoms with Gasteiger partial charge in [0, 0.05) is 27.4 Å². The van der Waals surface area contributed by atoms with Crippen LogP contribution in [0.1, 0.15) is 45.3 Å². The molecule has 10 heteroatoms. The molecule has 216 valence electrons. The summed E-state index contributed by atoms with van der Waals surface area (Å²) in [6.45, 7) is 0. The fourth-order valence-corrected chi connectivity index (χ4v) is 7.01. The zero-order valence-electron chi connectivity index (χ0n) is 22.0. The Bertz CT molecular complexity index is 1780. The summed E-state index contributed by atoms with van der Waals surface area (Å²) in [4.78, 5) is 14.6. The Labute approximate surface area is 278 Å². The standard InChI is InChI=1S/C33H20Cl6N2O2/c34-22-7-1-18(2-8-22)31(42)30-29(20-4-12-26(37)28(39)14-20)32(16-40,17-41)24(19-3-11-25(36)27(38)13-19)15-33(30,43)21-5-9-23(35)10-6-21/h1-14,24,29-30,43H,15H2. The van der Waals surface area contributed by atoms with Crippen molar-refractivity contribution in [2.45, 2.75) is 23.9 Å². The van der Waals surface area contributed by atoms with Gasteiger partial charge in [-0.1, -0.05) is 93.9 Å². The molecule has 0 radical (unpaired) electrons. The normalized spacial score (nSPS) is 22.8. The second-order valence-electron chi connectivity index (χ2n) is 10.5. The highest BCUT2D eigenvalue weighted by Crippen LogP contribution is 2.63. The van der Waals surface area contributed by atoms with Gasteiger partial charge in [-0.05, 0) is 83.8 Å². The van der Waals surface area contributed by atoms with Gasteiger partial charge >= 0.3 is 0 Å². The van der Waals surface area contributed by atoms with E-state index in [2.05, 4.69) is 12.1 Å². The molecule has 43 heavy (non-hydrogen) atoms. The number of rotatable bonds is 5. The van der Waals surface area contributed by atoms with Crippen LogP contribution in [-0.4, -0.2) is 10.9 Å². The number of carbonyl (C=O) groups excluding carboxylic acids is 1. The molecule has 4 unspecified atom stereocenters. The first-order valence-corrected chi connectivity index (χ1v) is 15.2. The van der Waals surface area contributed by atoms with Crippen molar-refractivity contribution < 1.29 is 9.90 Å². The number of ketones is 1. The number of nitrogens with zero attached hydrogens (tertiary/aromatic N) is 2. The summed E-state index contributed by atoms with van der Waals surface area (Å²) in [7, 11) is 0. The first-order chi connectivity index (χ1) is 20.4. The molecular formula is C33H20Cl6N2O2. The number of hydrogen-bond acceptors (Lipinski definition) is 4. The Morgan fingerprint density at radius 1 is 0.698 bits per heavy atom. The molecule has 0 amide bonds. The van der Waals surface area contributed by atoms with Crippen LogP contribution >= 0.6 is 69.6 Å². The third kappa shape index (κ3) is 5.64. The number of hydrogen-bond donors (Lipinski definition) is 1. The molecule has 0 bridgehead atoms. The maximum absolute atomic E-state index is 14.6. The lowest BCUT2D eigenvalue weighted by Gasteiger charge is -2.53. The van der Waals surface area contributed by atoms with Gasteiger partial charge in [0.05, 0.1) is 38.1 Å². The fraction of sp³-hybridized carbons (Fsp3) is 0.182. The molecule has 4 nitrogen and oxygen atoms in total. The van der Waals surface area contributed by atoms with Gasteiger partial charge < -0.3 is 5.11 Å². The van der Waals surface area contributed by atoms with Crippen LogP contribution in [0.5, 0.6) is 0 Å². The minimum atomic E-state index is -1.91. The second-order valence-corrected chi connectivity index (χ2v) is 13.0. The van der Waals surface area contributed by atoms with Gasteiger partial charge in [-0.25, -0.2) is 0 Å². The third-order valence-electron chi connectivity index (χ3n) is 8.18. The highest BCUT2D eigenvalue weighted by molar-refractivity contribution is 6.42. The Hall–Kier alpha value is -2.77. The van der Waals surface area contributed by atoms with E-state index in [1.54, 1.807) is 72.8 Å². The zero-order valence-corrected chi connectivity index (χ0v) is 26.6. The van der Waals surface area contributed by atoms with Crippen LogP contribution < -0.4 is 0 Å². The molecular weight excluding hydrogens is 669 g/mol. The Kier molecular flexibility index (Phi) is 9.06. The molecule has 0 spiro atoms. The quantitative estimate of drug-likeness (QED) is 0.212. The molecule has 1 N–H and O–H groups in total. The monoisotopic (exact) mass is 686 g/mol. The van der Waals surface area contributed by atoms with E-state index in [4.69, 9.17) is 69.6 Å². The zero-order chi connectivity index (χ0) is 31.1. The molecule has 1 fully saturated rings. The summed E-state index contributed by atoms with van der Waals surface area (Å²) in [6, 6.07) is 26.7. The van der Waals surface area contributed by atoms with Crippen molar-refractivity contribution in [1.29, 1.82) is 10.5 Å². The van der Waals surface area contributed by atoms with Crippen LogP contribution in [0, 0.1) is 34.0 Å². The number of nitriles is 2. The van der Waals surface area contributed by atoms with Crippen molar-refractivity contribution in [3.05, 3.63) is 137 Å². The van der Waals surface area contributed by atoms with E-state index < -0.39 is 34.6 Å². The summed E-state index contributed by atoms with van der Waals surface area (Å²) >= 11 is 37.7. The predicted octanol–water partition coefficient (Wildman–Crippen LogP) is 10.3. The smallest absolute Gasteiger partial charge is 0.169 e. The van der Waals surface area contributed by atoms with Crippen molar-refractivity contribution in [3.8, 4) is 12.1 Å². The number of Topliss-reactive ketones (excluding diaryl/α,β-unsaturated/α-hetero) is 1. The minimum absolute atomic E-state index is 0.160. The van der Waals surface area contributed by atoms with Gasteiger partial charge in [0.25, 0.3) is 0 Å². The van der Waals surface area contributed by atoms with Gasteiger partial charge in [-0.2, -0.15) is 10.5 Å². The van der Waals surface area contributed by atoms with Gasteiger partial charge in [-0.3, -0.25) is 4.79 Å². The second kappa shape index (κ2) is 12.3. The SMILES string of the molecule is N#CC1(C#N)C(c2ccc(Cl)c(Cl)c2)CC(O)(c2ccc(Cl)cc2)C(C(=O)c2ccc(Cl)cc2)C1c1ccc(Cl)c(Cl)c1. The summed E-state index contributed by atoms with van der Waals surface area (Å²) in [5, 5.41) is 36.5. The van der Waals surface area contributed by atoms with E-state index in [-0.39, 0.29) is 32.1 Å². The summed E-state index contributed by atoms with van der Waals surface area (Å²) in [5.74, 6) is -3.97. The topological polar surface area (TPSA) is 84.9 Å². The van der Waals surface area contributed by atoms with Gasteiger partial charge in [-0.15, -0.1) is 0 Å². The van der Waals surface area contributed by atoms with Gasteiger partial charge in [0.15, 0.2) is 11.2 Å². The van der Waals surface area contributed by atoms with Crippen LogP contribution in [0.25, 0.3) is 0 Å². The number of halogens is 6. The van der Waals surface area contributed by atoms with E-state index >= 15 is 0 Å². The molecule has 0 heterocycles. The first kappa shape index (κ1) is 31.6. The summed E-state index contributed by atoms with van der Waals surface area (Å²) in [6.07, 6.45) is -0.185. The summed E-state index contributed by atoms with van der Waals surface area (Å²) in [5.41, 5.74) is -2.31. The fourth-order valence-electron chi connectivity index (χ4n) is 6.14. The highest BCUT2D eigenvalue weighted by Gasteiger charge is 2.64. The highest BCUT2D eigenvalue weighted by atomic mass is 35.5. The number of benzene rings is 4. The average Bonchev–Trinajstić information content (AvgIpc) is 3.00. The summed E-state index contributed by atoms with van der Waals surface area (Å²) < 4.78 is 0. The van der Waals surface area contributed by atoms with Gasteiger partial charge in [0.1, 0.15) is 5.60 Å². The lowest BCUT2D eigenvalue weighted by Crippen LogP contribution is -2.55. The van der Waals surface area contributed by atoms with Crippen LogP contribution in [0.2, 0.25) is 30.1 Å². The molecule has 1 saturated carbocycles. The molecule has 1 aliphatic rings. The molecule has 4 aromatic carbocycles. The molecule has 1 aliphatic carbocycles. The van der Waals surface area contributed by atoms with Crippen molar-refractivity contribution in [1.82, 2.24) is 0 Å². The first-order valence-electron chi connectivity index (χ1n) is 13.0. The molecule has 4 atom stereocenters. The van der Waals surface area contributed by atoms with Gasteiger partial charge in [0.2, 0.25) is 0 Å². The van der Waals surface area contributed by atoms with Crippen molar-refractivity contribution in [2.75, 3.05) is 0 Å². The van der Waals surface area contributed by atoms with E-state index in [1.807, 2.05) is 0 Å². The van der Waals surface area contributed by atoms with Crippen LogP contribution in [0.4, 0.5) is 0 Å². The van der Waals surface area contributed by atoms with E-state index in [9.17, 15) is 20.4 Å². The maximum atomic E-state index is 14.6. The third-order valence-corrected chi connectivity index (χ3v) is 10.2. The lowest BCUT2D eigenvalue weighted by atomic mass is 9.48. The van der Waals surface area contributed by atoms with Crippen LogP contribution in [0.15, 0.2) is 84.9 Å². The minimum Gasteiger partial charge on any atom is -0.384 e. The number of carbonyl (C=O) groups is 1. The van der Waals surface area contributed by atoms with E-state index in [0.717, 1.165) is 0 Å². The van der Waals surface area contributed by atoms with E-state index in [0.29, 0.717) is 26.7 Å². The Morgan fingerprint density at radius 3 is 1.70 bits per heavy atom. The largest absolute Gasteiger partial charge is 0.384 e. The number of aliphatic hydroxyl groups is 1. The van der Waals surface area contributed by atoms with Crippen LogP contribution in [0.3, 0.4) is 0 Å². The molecule has 0 aromatic heterocycles. The molecule has 0 aliphatic heterocycles.